The summed E-state index contributed by atoms with van der Waals surface area (Å²) in [6.45, 7) is -0.376. The largest absolute Gasteiger partial charge is 0.480 e. The average Bonchev–Trinajstić information content (AvgIpc) is 3.49. The standard InChI is InChI=1S/C24H23F3N4O4/c25-24(26,27)16-4-3-5-17(12-16)29-22(34)31-20-9-6-15(13-28-20)18-7-8-19(30-18)23(10-1-2-11-23)35-14-21(32)33/h3-9,12-13,30H,1-2,10-11,14H2,(H,32,33)(H2,28,29,31,34). The van der Waals surface area contributed by atoms with Crippen molar-refractivity contribution in [2.24, 2.45) is 0 Å². The number of carboxylic acid groups (broad SMARTS) is 1. The number of benzene rings is 1. The van der Waals surface area contributed by atoms with Gasteiger partial charge < -0.3 is 20.1 Å². The molecular formula is C24H23F3N4O4. The highest BCUT2D eigenvalue weighted by molar-refractivity contribution is 5.99. The Morgan fingerprint density at radius 1 is 1.09 bits per heavy atom. The zero-order valence-electron chi connectivity index (χ0n) is 18.5. The van der Waals surface area contributed by atoms with E-state index in [4.69, 9.17) is 9.84 Å². The van der Waals surface area contributed by atoms with Gasteiger partial charge in [-0.25, -0.2) is 14.6 Å². The molecule has 8 nitrogen and oxygen atoms in total. The second kappa shape index (κ2) is 9.79. The number of carbonyl (C=O) groups is 2. The predicted molar refractivity (Wildman–Crippen MR) is 122 cm³/mol. The van der Waals surface area contributed by atoms with Crippen molar-refractivity contribution >= 4 is 23.5 Å². The Morgan fingerprint density at radius 2 is 1.86 bits per heavy atom. The second-order valence-corrected chi connectivity index (χ2v) is 8.26. The number of alkyl halides is 3. The molecule has 1 fully saturated rings. The Hall–Kier alpha value is -3.86. The quantitative estimate of drug-likeness (QED) is 0.345. The molecule has 0 atom stereocenters. The van der Waals surface area contributed by atoms with E-state index in [1.165, 1.54) is 18.3 Å². The van der Waals surface area contributed by atoms with Crippen molar-refractivity contribution in [2.45, 2.75) is 37.5 Å². The molecule has 1 aliphatic carbocycles. The molecular weight excluding hydrogens is 465 g/mol. The highest BCUT2D eigenvalue weighted by Crippen LogP contribution is 2.42. The molecule has 4 rings (SSSR count). The molecule has 2 aromatic heterocycles. The van der Waals surface area contributed by atoms with Crippen molar-refractivity contribution in [2.75, 3.05) is 17.2 Å². The topological polar surface area (TPSA) is 116 Å². The van der Waals surface area contributed by atoms with E-state index < -0.39 is 29.3 Å². The molecule has 0 unspecified atom stereocenters. The molecule has 1 saturated carbocycles. The number of urea groups is 1. The van der Waals surface area contributed by atoms with Crippen LogP contribution in [-0.2, 0) is 21.3 Å². The van der Waals surface area contributed by atoms with Crippen LogP contribution in [-0.4, -0.2) is 33.7 Å². The number of carboxylic acids is 1. The van der Waals surface area contributed by atoms with Gasteiger partial charge in [-0.05, 0) is 55.3 Å². The molecule has 3 aromatic rings. The molecule has 4 N–H and O–H groups in total. The number of halogens is 3. The summed E-state index contributed by atoms with van der Waals surface area (Å²) in [5.74, 6) is -0.811. The first-order valence-corrected chi connectivity index (χ1v) is 10.9. The molecule has 0 bridgehead atoms. The molecule has 2 amide bonds. The van der Waals surface area contributed by atoms with Gasteiger partial charge in [0.2, 0.25) is 0 Å². The molecule has 0 aliphatic heterocycles. The Balaban J connectivity index is 1.41. The van der Waals surface area contributed by atoms with Crippen LogP contribution in [0.1, 0.15) is 36.9 Å². The number of carbonyl (C=O) groups excluding carboxylic acids is 1. The van der Waals surface area contributed by atoms with E-state index in [1.54, 1.807) is 12.1 Å². The van der Waals surface area contributed by atoms with Gasteiger partial charge >= 0.3 is 18.2 Å². The summed E-state index contributed by atoms with van der Waals surface area (Å²) < 4.78 is 44.3. The summed E-state index contributed by atoms with van der Waals surface area (Å²) in [6.07, 6.45) is 0.361. The molecule has 1 aliphatic rings. The highest BCUT2D eigenvalue weighted by Gasteiger charge is 2.38. The fourth-order valence-electron chi connectivity index (χ4n) is 4.15. The van der Waals surface area contributed by atoms with E-state index >= 15 is 0 Å². The van der Waals surface area contributed by atoms with E-state index in [0.717, 1.165) is 54.8 Å². The summed E-state index contributed by atoms with van der Waals surface area (Å²) in [5, 5.41) is 13.8. The fourth-order valence-corrected chi connectivity index (χ4v) is 4.15. The predicted octanol–water partition coefficient (Wildman–Crippen LogP) is 5.61. The zero-order chi connectivity index (χ0) is 25.1. The fraction of sp³-hybridized carbons (Fsp3) is 0.292. The number of anilines is 2. The SMILES string of the molecule is O=C(O)COC1(c2ccc(-c3ccc(NC(=O)Nc4cccc(C(F)(F)F)c4)nc3)[nH]2)CCCC1. The Morgan fingerprint density at radius 3 is 2.51 bits per heavy atom. The lowest BCUT2D eigenvalue weighted by atomic mass is 9.98. The van der Waals surface area contributed by atoms with Crippen LogP contribution >= 0.6 is 0 Å². The monoisotopic (exact) mass is 488 g/mol. The van der Waals surface area contributed by atoms with E-state index in [1.807, 2.05) is 12.1 Å². The summed E-state index contributed by atoms with van der Waals surface area (Å²) in [6, 6.07) is 10.6. The average molecular weight is 488 g/mol. The van der Waals surface area contributed by atoms with E-state index in [2.05, 4.69) is 20.6 Å². The number of aromatic amines is 1. The van der Waals surface area contributed by atoms with Crippen molar-refractivity contribution in [3.05, 3.63) is 66.0 Å². The first kappa shape index (κ1) is 24.3. The number of aliphatic carboxylic acids is 1. The third-order valence-electron chi connectivity index (χ3n) is 5.82. The first-order chi connectivity index (χ1) is 16.6. The maximum absolute atomic E-state index is 12.8. The second-order valence-electron chi connectivity index (χ2n) is 8.26. The van der Waals surface area contributed by atoms with Gasteiger partial charge in [0.05, 0.1) is 5.56 Å². The number of ether oxygens (including phenoxy) is 1. The van der Waals surface area contributed by atoms with E-state index in [9.17, 15) is 22.8 Å². The van der Waals surface area contributed by atoms with Crippen molar-refractivity contribution in [1.29, 1.82) is 0 Å². The summed E-state index contributed by atoms with van der Waals surface area (Å²) in [7, 11) is 0. The van der Waals surface area contributed by atoms with Crippen molar-refractivity contribution < 1.29 is 32.6 Å². The van der Waals surface area contributed by atoms with Crippen molar-refractivity contribution in [3.8, 4) is 11.3 Å². The van der Waals surface area contributed by atoms with Crippen LogP contribution in [0.3, 0.4) is 0 Å². The van der Waals surface area contributed by atoms with E-state index in [-0.39, 0.29) is 18.1 Å². The Bertz CT molecular complexity index is 1200. The van der Waals surface area contributed by atoms with Gasteiger partial charge in [0.1, 0.15) is 18.0 Å². The van der Waals surface area contributed by atoms with Gasteiger partial charge in [0, 0.05) is 28.8 Å². The van der Waals surface area contributed by atoms with Gasteiger partial charge in [0.15, 0.2) is 0 Å². The minimum atomic E-state index is -4.51. The van der Waals surface area contributed by atoms with Crippen LogP contribution in [0, 0.1) is 0 Å². The third kappa shape index (κ3) is 5.80. The summed E-state index contributed by atoms with van der Waals surface area (Å²) in [4.78, 5) is 30.7. The minimum absolute atomic E-state index is 0.00109. The van der Waals surface area contributed by atoms with Crippen molar-refractivity contribution in [1.82, 2.24) is 9.97 Å². The van der Waals surface area contributed by atoms with Gasteiger partial charge in [-0.2, -0.15) is 13.2 Å². The molecule has 184 valence electrons. The zero-order valence-corrected chi connectivity index (χ0v) is 18.5. The number of rotatable bonds is 7. The molecule has 35 heavy (non-hydrogen) atoms. The Labute approximate surface area is 198 Å². The number of aromatic nitrogens is 2. The molecule has 0 spiro atoms. The lowest BCUT2D eigenvalue weighted by molar-refractivity contribution is -0.150. The maximum atomic E-state index is 12.8. The number of amides is 2. The third-order valence-corrected chi connectivity index (χ3v) is 5.82. The lowest BCUT2D eigenvalue weighted by Crippen LogP contribution is -2.29. The number of H-pyrrole nitrogens is 1. The van der Waals surface area contributed by atoms with Crippen LogP contribution in [0.5, 0.6) is 0 Å². The maximum Gasteiger partial charge on any atom is 0.416 e. The summed E-state index contributed by atoms with van der Waals surface area (Å²) >= 11 is 0. The normalized spacial score (nSPS) is 15.1. The molecule has 0 radical (unpaired) electrons. The van der Waals surface area contributed by atoms with Crippen LogP contribution < -0.4 is 10.6 Å². The van der Waals surface area contributed by atoms with Gasteiger partial charge in [0.25, 0.3) is 0 Å². The van der Waals surface area contributed by atoms with Crippen LogP contribution in [0.2, 0.25) is 0 Å². The summed E-state index contributed by atoms with van der Waals surface area (Å²) in [5.41, 5.74) is 0.750. The Kier molecular flexibility index (Phi) is 6.79. The van der Waals surface area contributed by atoms with Gasteiger partial charge in [-0.3, -0.25) is 5.32 Å². The molecule has 1 aromatic carbocycles. The van der Waals surface area contributed by atoms with Crippen LogP contribution in [0.4, 0.5) is 29.5 Å². The number of nitrogens with zero attached hydrogens (tertiary/aromatic N) is 1. The molecule has 11 heteroatoms. The number of hydrogen-bond acceptors (Lipinski definition) is 4. The van der Waals surface area contributed by atoms with Gasteiger partial charge in [-0.15, -0.1) is 0 Å². The number of pyridine rings is 1. The minimum Gasteiger partial charge on any atom is -0.480 e. The van der Waals surface area contributed by atoms with Crippen LogP contribution in [0.15, 0.2) is 54.7 Å². The number of nitrogens with one attached hydrogen (secondary N) is 3. The molecule has 2 heterocycles. The lowest BCUT2D eigenvalue weighted by Gasteiger charge is -2.27. The van der Waals surface area contributed by atoms with Crippen molar-refractivity contribution in [3.63, 3.8) is 0 Å². The molecule has 0 saturated heterocycles. The smallest absolute Gasteiger partial charge is 0.416 e. The number of hydrogen-bond donors (Lipinski definition) is 4. The van der Waals surface area contributed by atoms with Crippen LogP contribution in [0.25, 0.3) is 11.3 Å². The van der Waals surface area contributed by atoms with Gasteiger partial charge in [-0.1, -0.05) is 18.9 Å². The highest BCUT2D eigenvalue weighted by atomic mass is 19.4. The first-order valence-electron chi connectivity index (χ1n) is 10.9. The van der Waals surface area contributed by atoms with E-state index in [0.29, 0.717) is 0 Å².